The molecule has 0 fully saturated rings. The first-order chi connectivity index (χ1) is 15.7. The molecule has 33 heavy (non-hydrogen) atoms. The molecule has 0 aliphatic carbocycles. The summed E-state index contributed by atoms with van der Waals surface area (Å²) in [4.78, 5) is 25.6. The van der Waals surface area contributed by atoms with Crippen LogP contribution in [-0.2, 0) is 19.4 Å². The van der Waals surface area contributed by atoms with Crippen molar-refractivity contribution in [3.8, 4) is 0 Å². The topological polar surface area (TPSA) is 84.7 Å². The Morgan fingerprint density at radius 3 is 2.70 bits per heavy atom. The third-order valence-electron chi connectivity index (χ3n) is 5.47. The predicted molar refractivity (Wildman–Crippen MR) is 132 cm³/mol. The average molecular weight is 449 g/mol. The van der Waals surface area contributed by atoms with Crippen LogP contribution in [0, 0.1) is 19.3 Å². The van der Waals surface area contributed by atoms with E-state index < -0.39 is 0 Å². The number of amides is 1. The molecule has 3 rings (SSSR count). The molecule has 0 aliphatic heterocycles. The molecular formula is C26H36N6O. The number of carbonyl (C=O) groups is 1. The molecule has 0 saturated heterocycles. The summed E-state index contributed by atoms with van der Waals surface area (Å²) >= 11 is 0. The van der Waals surface area contributed by atoms with Gasteiger partial charge in [0.1, 0.15) is 17.2 Å². The fourth-order valence-electron chi connectivity index (χ4n) is 3.56. The lowest BCUT2D eigenvalue weighted by Gasteiger charge is -2.20. The van der Waals surface area contributed by atoms with Crippen molar-refractivity contribution in [3.63, 3.8) is 0 Å². The molecule has 2 heterocycles. The SMILES string of the molecule is Cc1ncc(C(=O)NCCc2ccc(C)c(CCCn3ccnc3)c2)c(NCC(C)(C)C)n1. The zero-order valence-electron chi connectivity index (χ0n) is 20.5. The van der Waals surface area contributed by atoms with Gasteiger partial charge in [-0.3, -0.25) is 4.79 Å². The Balaban J connectivity index is 1.55. The monoisotopic (exact) mass is 448 g/mol. The molecule has 0 aliphatic rings. The highest BCUT2D eigenvalue weighted by molar-refractivity contribution is 5.98. The molecule has 2 aromatic heterocycles. The summed E-state index contributed by atoms with van der Waals surface area (Å²) in [6, 6.07) is 6.58. The Hall–Kier alpha value is -3.22. The summed E-state index contributed by atoms with van der Waals surface area (Å²) in [5.41, 5.74) is 4.45. The molecule has 0 unspecified atom stereocenters. The van der Waals surface area contributed by atoms with Crippen LogP contribution in [0.4, 0.5) is 5.82 Å². The Morgan fingerprint density at radius 2 is 1.97 bits per heavy atom. The van der Waals surface area contributed by atoms with Crippen LogP contribution in [0.15, 0.2) is 43.1 Å². The molecule has 0 atom stereocenters. The molecule has 3 aromatic rings. The van der Waals surface area contributed by atoms with Gasteiger partial charge in [-0.15, -0.1) is 0 Å². The van der Waals surface area contributed by atoms with Crippen molar-refractivity contribution in [2.75, 3.05) is 18.4 Å². The van der Waals surface area contributed by atoms with Crippen molar-refractivity contribution >= 4 is 11.7 Å². The summed E-state index contributed by atoms with van der Waals surface area (Å²) < 4.78 is 2.11. The van der Waals surface area contributed by atoms with Crippen molar-refractivity contribution in [1.82, 2.24) is 24.8 Å². The quantitative estimate of drug-likeness (QED) is 0.482. The van der Waals surface area contributed by atoms with E-state index in [1.54, 1.807) is 6.20 Å². The first-order valence-electron chi connectivity index (χ1n) is 11.6. The minimum absolute atomic E-state index is 0.0779. The Morgan fingerprint density at radius 1 is 1.15 bits per heavy atom. The van der Waals surface area contributed by atoms with Crippen molar-refractivity contribution < 1.29 is 4.79 Å². The summed E-state index contributed by atoms with van der Waals surface area (Å²) in [5.74, 6) is 1.08. The lowest BCUT2D eigenvalue weighted by molar-refractivity contribution is 0.0954. The molecule has 2 N–H and O–H groups in total. The number of rotatable bonds is 10. The normalized spacial score (nSPS) is 11.4. The highest BCUT2D eigenvalue weighted by Crippen LogP contribution is 2.18. The molecule has 0 saturated carbocycles. The number of benzene rings is 1. The van der Waals surface area contributed by atoms with E-state index in [2.05, 4.69) is 76.0 Å². The van der Waals surface area contributed by atoms with Gasteiger partial charge in [0.05, 0.1) is 6.33 Å². The molecule has 0 spiro atoms. The largest absolute Gasteiger partial charge is 0.369 e. The molecule has 1 amide bonds. The van der Waals surface area contributed by atoms with E-state index in [4.69, 9.17) is 0 Å². The van der Waals surface area contributed by atoms with Gasteiger partial charge < -0.3 is 15.2 Å². The number of nitrogens with one attached hydrogen (secondary N) is 2. The number of aromatic nitrogens is 4. The zero-order valence-corrected chi connectivity index (χ0v) is 20.5. The van der Waals surface area contributed by atoms with Gasteiger partial charge in [-0.2, -0.15) is 0 Å². The Kier molecular flexibility index (Phi) is 8.20. The summed E-state index contributed by atoms with van der Waals surface area (Å²) in [5, 5.41) is 6.34. The second-order valence-electron chi connectivity index (χ2n) is 9.76. The third-order valence-corrected chi connectivity index (χ3v) is 5.47. The Bertz CT molecular complexity index is 1050. The van der Waals surface area contributed by atoms with Crippen LogP contribution in [0.25, 0.3) is 0 Å². The molecule has 7 heteroatoms. The second-order valence-corrected chi connectivity index (χ2v) is 9.76. The van der Waals surface area contributed by atoms with Gasteiger partial charge in [0.2, 0.25) is 0 Å². The highest BCUT2D eigenvalue weighted by atomic mass is 16.1. The van der Waals surface area contributed by atoms with Crippen LogP contribution in [0.5, 0.6) is 0 Å². The number of aryl methyl sites for hydroxylation is 4. The van der Waals surface area contributed by atoms with Crippen molar-refractivity contribution in [3.05, 3.63) is 71.2 Å². The van der Waals surface area contributed by atoms with Gasteiger partial charge in [-0.25, -0.2) is 15.0 Å². The van der Waals surface area contributed by atoms with Crippen molar-refractivity contribution in [2.24, 2.45) is 5.41 Å². The van der Waals surface area contributed by atoms with Crippen LogP contribution >= 0.6 is 0 Å². The maximum absolute atomic E-state index is 12.8. The van der Waals surface area contributed by atoms with E-state index in [1.165, 1.54) is 16.7 Å². The molecule has 7 nitrogen and oxygen atoms in total. The van der Waals surface area contributed by atoms with E-state index in [0.29, 0.717) is 23.8 Å². The van der Waals surface area contributed by atoms with Gasteiger partial charge in [0, 0.05) is 38.2 Å². The summed E-state index contributed by atoms with van der Waals surface area (Å²) in [7, 11) is 0. The number of hydrogen-bond donors (Lipinski definition) is 2. The van der Waals surface area contributed by atoms with Crippen LogP contribution in [0.1, 0.15) is 60.1 Å². The summed E-state index contributed by atoms with van der Waals surface area (Å²) in [6.07, 6.45) is 10.1. The maximum Gasteiger partial charge on any atom is 0.256 e. The molecule has 1 aromatic carbocycles. The van der Waals surface area contributed by atoms with Gasteiger partial charge in [0.25, 0.3) is 5.91 Å². The van der Waals surface area contributed by atoms with Crippen molar-refractivity contribution in [1.29, 1.82) is 0 Å². The molecule has 0 bridgehead atoms. The van der Waals surface area contributed by atoms with E-state index in [-0.39, 0.29) is 11.3 Å². The molecular weight excluding hydrogens is 412 g/mol. The van der Waals surface area contributed by atoms with Gasteiger partial charge in [0.15, 0.2) is 0 Å². The number of imidazole rings is 1. The standard InChI is InChI=1S/C26H36N6O/c1-19-8-9-21(15-22(19)7-6-13-32-14-12-27-18-32)10-11-28-25(33)23-16-29-20(2)31-24(23)30-17-26(3,4)5/h8-9,12,14-16,18H,6-7,10-11,13,17H2,1-5H3,(H,28,33)(H,29,30,31). The van der Waals surface area contributed by atoms with Gasteiger partial charge in [-0.05, 0) is 55.2 Å². The maximum atomic E-state index is 12.8. The van der Waals surface area contributed by atoms with Crippen molar-refractivity contribution in [2.45, 2.75) is 60.4 Å². The lowest BCUT2D eigenvalue weighted by Crippen LogP contribution is -2.28. The molecule has 0 radical (unpaired) electrons. The summed E-state index contributed by atoms with van der Waals surface area (Å²) in [6.45, 7) is 12.6. The third kappa shape index (κ3) is 7.70. The fourth-order valence-corrected chi connectivity index (χ4v) is 3.56. The van der Waals surface area contributed by atoms with Crippen LogP contribution in [-0.4, -0.2) is 38.5 Å². The fraction of sp³-hybridized carbons (Fsp3) is 0.462. The highest BCUT2D eigenvalue weighted by Gasteiger charge is 2.16. The number of carbonyl (C=O) groups excluding carboxylic acids is 1. The van der Waals surface area contributed by atoms with Crippen LogP contribution in [0.2, 0.25) is 0 Å². The minimum Gasteiger partial charge on any atom is -0.369 e. The molecule has 176 valence electrons. The minimum atomic E-state index is -0.154. The van der Waals surface area contributed by atoms with E-state index >= 15 is 0 Å². The van der Waals surface area contributed by atoms with E-state index in [9.17, 15) is 4.79 Å². The number of hydrogen-bond acceptors (Lipinski definition) is 5. The van der Waals surface area contributed by atoms with E-state index in [0.717, 1.165) is 32.4 Å². The van der Waals surface area contributed by atoms with Crippen LogP contribution in [0.3, 0.4) is 0 Å². The van der Waals surface area contributed by atoms with Gasteiger partial charge >= 0.3 is 0 Å². The van der Waals surface area contributed by atoms with Crippen LogP contribution < -0.4 is 10.6 Å². The number of anilines is 1. The average Bonchev–Trinajstić information content (AvgIpc) is 3.27. The number of nitrogens with zero attached hydrogens (tertiary/aromatic N) is 4. The smallest absolute Gasteiger partial charge is 0.256 e. The van der Waals surface area contributed by atoms with Gasteiger partial charge in [-0.1, -0.05) is 39.0 Å². The predicted octanol–water partition coefficient (Wildman–Crippen LogP) is 4.35. The first kappa shape index (κ1) is 24.4. The first-order valence-corrected chi connectivity index (χ1v) is 11.6. The zero-order chi connectivity index (χ0) is 23.8. The lowest BCUT2D eigenvalue weighted by atomic mass is 9.97. The second kappa shape index (κ2) is 11.1. The van der Waals surface area contributed by atoms with E-state index in [1.807, 2.05) is 25.6 Å². The Labute approximate surface area is 197 Å².